The van der Waals surface area contributed by atoms with Crippen molar-refractivity contribution in [2.45, 2.75) is 49.6 Å². The Hall–Kier alpha value is -1.60. The standard InChI is InChI=1S/C14H21N3O3S/c15-21(19,20)13-8-4-5-11(9-13)10-16-14(18)17-12-6-2-1-3-7-12/h4-5,8-9,12H,1-3,6-7,10H2,(H2,15,19,20)(H2,16,17,18). The van der Waals surface area contributed by atoms with Gasteiger partial charge in [0.2, 0.25) is 10.0 Å². The van der Waals surface area contributed by atoms with E-state index in [-0.39, 0.29) is 23.5 Å². The van der Waals surface area contributed by atoms with E-state index in [4.69, 9.17) is 5.14 Å². The zero-order valence-corrected chi connectivity index (χ0v) is 12.7. The fourth-order valence-corrected chi connectivity index (χ4v) is 3.08. The van der Waals surface area contributed by atoms with Crippen LogP contribution in [0.5, 0.6) is 0 Å². The normalized spacial score (nSPS) is 16.4. The second-order valence-electron chi connectivity index (χ2n) is 5.35. The maximum absolute atomic E-state index is 11.8. The summed E-state index contributed by atoms with van der Waals surface area (Å²) in [4.78, 5) is 11.9. The van der Waals surface area contributed by atoms with E-state index in [1.165, 1.54) is 18.6 Å². The molecule has 0 bridgehead atoms. The van der Waals surface area contributed by atoms with E-state index in [1.807, 2.05) is 0 Å². The number of hydrogen-bond acceptors (Lipinski definition) is 3. The molecule has 1 aromatic rings. The van der Waals surface area contributed by atoms with Gasteiger partial charge in [-0.25, -0.2) is 18.4 Å². The van der Waals surface area contributed by atoms with Crippen LogP contribution >= 0.6 is 0 Å². The third kappa shape index (κ3) is 5.02. The van der Waals surface area contributed by atoms with E-state index in [2.05, 4.69) is 10.6 Å². The Bertz CT molecular complexity index is 595. The van der Waals surface area contributed by atoms with Crippen LogP contribution in [0.4, 0.5) is 4.79 Å². The summed E-state index contributed by atoms with van der Waals surface area (Å²) in [6.07, 6.45) is 5.59. The molecule has 1 aliphatic rings. The van der Waals surface area contributed by atoms with Gasteiger partial charge in [-0.1, -0.05) is 31.4 Å². The zero-order valence-electron chi connectivity index (χ0n) is 11.8. The zero-order chi connectivity index (χ0) is 15.3. The van der Waals surface area contributed by atoms with Crippen LogP contribution in [0.2, 0.25) is 0 Å². The molecule has 0 spiro atoms. The average molecular weight is 311 g/mol. The van der Waals surface area contributed by atoms with Crippen molar-refractivity contribution in [3.05, 3.63) is 29.8 Å². The topological polar surface area (TPSA) is 101 Å². The monoisotopic (exact) mass is 311 g/mol. The van der Waals surface area contributed by atoms with Crippen LogP contribution in [-0.4, -0.2) is 20.5 Å². The molecule has 1 fully saturated rings. The number of carbonyl (C=O) groups is 1. The van der Waals surface area contributed by atoms with Gasteiger partial charge in [0.15, 0.2) is 0 Å². The van der Waals surface area contributed by atoms with E-state index < -0.39 is 10.0 Å². The summed E-state index contributed by atoms with van der Waals surface area (Å²) in [6.45, 7) is 0.266. The van der Waals surface area contributed by atoms with Crippen molar-refractivity contribution in [1.29, 1.82) is 0 Å². The predicted octanol–water partition coefficient (Wildman–Crippen LogP) is 1.47. The van der Waals surface area contributed by atoms with Gasteiger partial charge in [0, 0.05) is 12.6 Å². The Labute approximate surface area is 125 Å². The van der Waals surface area contributed by atoms with Crippen molar-refractivity contribution in [3.8, 4) is 0 Å². The number of nitrogens with two attached hydrogens (primary N) is 1. The molecule has 2 amide bonds. The largest absolute Gasteiger partial charge is 0.335 e. The first-order chi connectivity index (χ1) is 9.95. The van der Waals surface area contributed by atoms with Gasteiger partial charge in [0.25, 0.3) is 0 Å². The maximum atomic E-state index is 11.8. The Morgan fingerprint density at radius 2 is 1.95 bits per heavy atom. The van der Waals surface area contributed by atoms with Crippen molar-refractivity contribution >= 4 is 16.1 Å². The number of primary sulfonamides is 1. The molecule has 0 heterocycles. The SMILES string of the molecule is NS(=O)(=O)c1cccc(CNC(=O)NC2CCCCC2)c1. The summed E-state index contributed by atoms with van der Waals surface area (Å²) >= 11 is 0. The summed E-state index contributed by atoms with van der Waals surface area (Å²) in [6, 6.07) is 6.28. The number of urea groups is 1. The summed E-state index contributed by atoms with van der Waals surface area (Å²) < 4.78 is 22.5. The number of sulfonamides is 1. The third-order valence-corrected chi connectivity index (χ3v) is 4.53. The number of carbonyl (C=O) groups excluding carboxylic acids is 1. The summed E-state index contributed by atoms with van der Waals surface area (Å²) in [5.41, 5.74) is 0.695. The molecule has 7 heteroatoms. The first kappa shape index (κ1) is 15.8. The quantitative estimate of drug-likeness (QED) is 0.784. The molecule has 0 aromatic heterocycles. The van der Waals surface area contributed by atoms with Gasteiger partial charge in [-0.3, -0.25) is 0 Å². The summed E-state index contributed by atoms with van der Waals surface area (Å²) in [5, 5.41) is 10.8. The highest BCUT2D eigenvalue weighted by Crippen LogP contribution is 2.17. The van der Waals surface area contributed by atoms with Gasteiger partial charge in [-0.05, 0) is 30.5 Å². The third-order valence-electron chi connectivity index (χ3n) is 3.62. The number of nitrogens with one attached hydrogen (secondary N) is 2. The minimum absolute atomic E-state index is 0.0505. The van der Waals surface area contributed by atoms with Gasteiger partial charge in [0.05, 0.1) is 4.90 Å². The second kappa shape index (κ2) is 6.91. The molecule has 1 aliphatic carbocycles. The molecule has 116 valence electrons. The van der Waals surface area contributed by atoms with Crippen LogP contribution in [0.1, 0.15) is 37.7 Å². The molecule has 0 atom stereocenters. The summed E-state index contributed by atoms with van der Waals surface area (Å²) in [5.74, 6) is 0. The molecule has 1 saturated carbocycles. The van der Waals surface area contributed by atoms with E-state index in [0.29, 0.717) is 5.56 Å². The minimum atomic E-state index is -3.71. The van der Waals surface area contributed by atoms with Gasteiger partial charge in [-0.2, -0.15) is 0 Å². The van der Waals surface area contributed by atoms with Crippen LogP contribution in [0.15, 0.2) is 29.2 Å². The van der Waals surface area contributed by atoms with Crippen LogP contribution in [-0.2, 0) is 16.6 Å². The first-order valence-electron chi connectivity index (χ1n) is 7.11. The highest BCUT2D eigenvalue weighted by Gasteiger charge is 2.15. The highest BCUT2D eigenvalue weighted by atomic mass is 32.2. The molecule has 4 N–H and O–H groups in total. The van der Waals surface area contributed by atoms with Crippen molar-refractivity contribution in [2.75, 3.05) is 0 Å². The van der Waals surface area contributed by atoms with Crippen LogP contribution < -0.4 is 15.8 Å². The number of hydrogen-bond donors (Lipinski definition) is 3. The number of amides is 2. The lowest BCUT2D eigenvalue weighted by Gasteiger charge is -2.22. The lowest BCUT2D eigenvalue weighted by molar-refractivity contribution is 0.232. The van der Waals surface area contributed by atoms with Crippen LogP contribution in [0, 0.1) is 0 Å². The second-order valence-corrected chi connectivity index (χ2v) is 6.92. The fraction of sp³-hybridized carbons (Fsp3) is 0.500. The van der Waals surface area contributed by atoms with Crippen molar-refractivity contribution in [1.82, 2.24) is 10.6 Å². The van der Waals surface area contributed by atoms with Crippen LogP contribution in [0.3, 0.4) is 0 Å². The van der Waals surface area contributed by atoms with E-state index >= 15 is 0 Å². The van der Waals surface area contributed by atoms with E-state index in [9.17, 15) is 13.2 Å². The molecular weight excluding hydrogens is 290 g/mol. The number of rotatable bonds is 4. The van der Waals surface area contributed by atoms with Crippen molar-refractivity contribution < 1.29 is 13.2 Å². The lowest BCUT2D eigenvalue weighted by Crippen LogP contribution is -2.42. The van der Waals surface area contributed by atoms with Gasteiger partial charge >= 0.3 is 6.03 Å². The predicted molar refractivity (Wildman–Crippen MR) is 80.1 cm³/mol. The smallest absolute Gasteiger partial charge is 0.315 e. The fourth-order valence-electron chi connectivity index (χ4n) is 2.50. The van der Waals surface area contributed by atoms with E-state index in [1.54, 1.807) is 12.1 Å². The highest BCUT2D eigenvalue weighted by molar-refractivity contribution is 7.89. The lowest BCUT2D eigenvalue weighted by atomic mass is 9.96. The maximum Gasteiger partial charge on any atom is 0.315 e. The van der Waals surface area contributed by atoms with Crippen LogP contribution in [0.25, 0.3) is 0 Å². The van der Waals surface area contributed by atoms with Crippen molar-refractivity contribution in [2.24, 2.45) is 5.14 Å². The van der Waals surface area contributed by atoms with Crippen molar-refractivity contribution in [3.63, 3.8) is 0 Å². The Morgan fingerprint density at radius 1 is 1.24 bits per heavy atom. The molecule has 6 nitrogen and oxygen atoms in total. The summed E-state index contributed by atoms with van der Waals surface area (Å²) in [7, 11) is -3.71. The molecule has 2 rings (SSSR count). The average Bonchev–Trinajstić information content (AvgIpc) is 2.46. The minimum Gasteiger partial charge on any atom is -0.335 e. The molecule has 0 radical (unpaired) electrons. The van der Waals surface area contributed by atoms with Gasteiger partial charge in [-0.15, -0.1) is 0 Å². The molecule has 0 aliphatic heterocycles. The Kier molecular flexibility index (Phi) is 5.19. The molecule has 0 unspecified atom stereocenters. The van der Waals surface area contributed by atoms with Gasteiger partial charge in [0.1, 0.15) is 0 Å². The molecule has 1 aromatic carbocycles. The first-order valence-corrected chi connectivity index (χ1v) is 8.66. The molecule has 21 heavy (non-hydrogen) atoms. The van der Waals surface area contributed by atoms with Gasteiger partial charge < -0.3 is 10.6 Å². The Balaban J connectivity index is 1.86. The Morgan fingerprint density at radius 3 is 2.62 bits per heavy atom. The van der Waals surface area contributed by atoms with E-state index in [0.717, 1.165) is 25.7 Å². The molecular formula is C14H21N3O3S. The molecule has 0 saturated heterocycles. The number of benzene rings is 1.